The molecule has 0 aromatic heterocycles. The number of rotatable bonds is 5. The van der Waals surface area contributed by atoms with Crippen LogP contribution in [0.25, 0.3) is 12.2 Å². The Morgan fingerprint density at radius 3 is 2.22 bits per heavy atom. The fraction of sp³-hybridized carbons (Fsp3) is 0.111. The highest BCUT2D eigenvalue weighted by Crippen LogP contribution is 2.19. The fourth-order valence-corrected chi connectivity index (χ4v) is 2.20. The van der Waals surface area contributed by atoms with E-state index in [4.69, 9.17) is 0 Å². The minimum absolute atomic E-state index is 1.03. The van der Waals surface area contributed by atoms with Gasteiger partial charge in [-0.25, -0.2) is 0 Å². The van der Waals surface area contributed by atoms with Crippen molar-refractivity contribution in [1.29, 1.82) is 0 Å². The van der Waals surface area contributed by atoms with Gasteiger partial charge in [0.2, 0.25) is 0 Å². The summed E-state index contributed by atoms with van der Waals surface area (Å²) in [5, 5.41) is 0. The summed E-state index contributed by atoms with van der Waals surface area (Å²) in [5.41, 5.74) is 5.08. The molecule has 0 saturated heterocycles. The Morgan fingerprint density at radius 1 is 0.778 bits per heavy atom. The molecule has 0 N–H and O–H groups in total. The SMILES string of the molecule is C=Cc1cccc(CCc2ccccc2)c1C=C. The van der Waals surface area contributed by atoms with Crippen molar-refractivity contribution >= 4 is 12.2 Å². The van der Waals surface area contributed by atoms with Gasteiger partial charge in [0.05, 0.1) is 0 Å². The summed E-state index contributed by atoms with van der Waals surface area (Å²) in [6.07, 6.45) is 5.91. The lowest BCUT2D eigenvalue weighted by Gasteiger charge is -2.09. The van der Waals surface area contributed by atoms with Gasteiger partial charge in [-0.3, -0.25) is 0 Å². The Morgan fingerprint density at radius 2 is 1.56 bits per heavy atom. The van der Waals surface area contributed by atoms with E-state index in [9.17, 15) is 0 Å². The number of benzene rings is 2. The molecule has 2 aromatic carbocycles. The number of hydrogen-bond acceptors (Lipinski definition) is 0. The molecule has 0 aliphatic carbocycles. The van der Waals surface area contributed by atoms with Crippen LogP contribution in [0.3, 0.4) is 0 Å². The van der Waals surface area contributed by atoms with Gasteiger partial charge in [0.1, 0.15) is 0 Å². The van der Waals surface area contributed by atoms with Gasteiger partial charge in [0.25, 0.3) is 0 Å². The van der Waals surface area contributed by atoms with Gasteiger partial charge in [0, 0.05) is 0 Å². The lowest BCUT2D eigenvalue weighted by Crippen LogP contribution is -1.95. The lowest BCUT2D eigenvalue weighted by molar-refractivity contribution is 0.957. The quantitative estimate of drug-likeness (QED) is 0.700. The average molecular weight is 234 g/mol. The van der Waals surface area contributed by atoms with Crippen molar-refractivity contribution < 1.29 is 0 Å². The van der Waals surface area contributed by atoms with Crippen LogP contribution in [0.4, 0.5) is 0 Å². The summed E-state index contributed by atoms with van der Waals surface area (Å²) in [4.78, 5) is 0. The van der Waals surface area contributed by atoms with Crippen molar-refractivity contribution in [2.24, 2.45) is 0 Å². The Hall–Kier alpha value is -2.08. The highest BCUT2D eigenvalue weighted by molar-refractivity contribution is 5.66. The van der Waals surface area contributed by atoms with E-state index in [-0.39, 0.29) is 0 Å². The van der Waals surface area contributed by atoms with Crippen LogP contribution in [0.15, 0.2) is 61.7 Å². The summed E-state index contributed by atoms with van der Waals surface area (Å²) in [6, 6.07) is 16.9. The summed E-state index contributed by atoms with van der Waals surface area (Å²) >= 11 is 0. The smallest absolute Gasteiger partial charge is 0.0158 e. The van der Waals surface area contributed by atoms with Crippen LogP contribution in [-0.2, 0) is 12.8 Å². The first kappa shape index (κ1) is 12.4. The van der Waals surface area contributed by atoms with E-state index >= 15 is 0 Å². The van der Waals surface area contributed by atoms with Gasteiger partial charge in [0.15, 0.2) is 0 Å². The van der Waals surface area contributed by atoms with Gasteiger partial charge in [-0.1, -0.05) is 73.8 Å². The Bertz CT molecular complexity index is 535. The molecule has 0 amide bonds. The van der Waals surface area contributed by atoms with Crippen molar-refractivity contribution in [2.45, 2.75) is 12.8 Å². The minimum atomic E-state index is 1.03. The molecule has 0 heterocycles. The van der Waals surface area contributed by atoms with E-state index < -0.39 is 0 Å². The van der Waals surface area contributed by atoms with Crippen LogP contribution >= 0.6 is 0 Å². The molecular formula is C18H18. The van der Waals surface area contributed by atoms with Gasteiger partial charge in [-0.15, -0.1) is 0 Å². The van der Waals surface area contributed by atoms with Crippen molar-refractivity contribution in [3.05, 3.63) is 83.9 Å². The molecule has 0 radical (unpaired) electrons. The van der Waals surface area contributed by atoms with Gasteiger partial charge in [-0.2, -0.15) is 0 Å². The van der Waals surface area contributed by atoms with Gasteiger partial charge < -0.3 is 0 Å². The first-order valence-electron chi connectivity index (χ1n) is 6.26. The fourth-order valence-electron chi connectivity index (χ4n) is 2.20. The molecule has 2 aromatic rings. The molecule has 0 aliphatic heterocycles. The van der Waals surface area contributed by atoms with Gasteiger partial charge in [-0.05, 0) is 35.1 Å². The number of hydrogen-bond donors (Lipinski definition) is 0. The molecular weight excluding hydrogens is 216 g/mol. The zero-order chi connectivity index (χ0) is 12.8. The standard InChI is InChI=1S/C18H18/c1-3-16-11-8-12-17(18(16)4-2)14-13-15-9-6-5-7-10-15/h3-12H,1-2,13-14H2. The molecule has 0 bridgehead atoms. The molecule has 0 atom stereocenters. The molecule has 0 nitrogen and oxygen atoms in total. The molecule has 0 saturated carbocycles. The normalized spacial score (nSPS) is 10.0. The third kappa shape index (κ3) is 2.78. The van der Waals surface area contributed by atoms with Crippen molar-refractivity contribution in [2.75, 3.05) is 0 Å². The summed E-state index contributed by atoms with van der Waals surface area (Å²) < 4.78 is 0. The van der Waals surface area contributed by atoms with Crippen LogP contribution in [0.1, 0.15) is 22.3 Å². The van der Waals surface area contributed by atoms with Crippen LogP contribution < -0.4 is 0 Å². The topological polar surface area (TPSA) is 0 Å². The second-order valence-electron chi connectivity index (χ2n) is 4.31. The Kier molecular flexibility index (Phi) is 4.14. The highest BCUT2D eigenvalue weighted by atomic mass is 14.1. The average Bonchev–Trinajstić information content (AvgIpc) is 2.45. The minimum Gasteiger partial charge on any atom is -0.0984 e. The molecule has 0 spiro atoms. The molecule has 0 unspecified atom stereocenters. The first-order valence-corrected chi connectivity index (χ1v) is 6.26. The van der Waals surface area contributed by atoms with Crippen molar-refractivity contribution in [3.8, 4) is 0 Å². The second-order valence-corrected chi connectivity index (χ2v) is 4.31. The van der Waals surface area contributed by atoms with E-state index in [1.807, 2.05) is 12.2 Å². The zero-order valence-corrected chi connectivity index (χ0v) is 10.6. The lowest BCUT2D eigenvalue weighted by atomic mass is 9.96. The maximum absolute atomic E-state index is 3.91. The van der Waals surface area contributed by atoms with Crippen LogP contribution in [0.2, 0.25) is 0 Å². The molecule has 0 heteroatoms. The summed E-state index contributed by atoms with van der Waals surface area (Å²) in [6.45, 7) is 7.76. The van der Waals surface area contributed by atoms with E-state index in [0.29, 0.717) is 0 Å². The predicted molar refractivity (Wildman–Crippen MR) is 80.5 cm³/mol. The number of aryl methyl sites for hydroxylation is 2. The van der Waals surface area contributed by atoms with Crippen molar-refractivity contribution in [3.63, 3.8) is 0 Å². The highest BCUT2D eigenvalue weighted by Gasteiger charge is 2.03. The third-order valence-corrected chi connectivity index (χ3v) is 3.18. The maximum Gasteiger partial charge on any atom is -0.0158 e. The van der Waals surface area contributed by atoms with Gasteiger partial charge >= 0.3 is 0 Å². The van der Waals surface area contributed by atoms with E-state index in [1.165, 1.54) is 16.7 Å². The maximum atomic E-state index is 3.91. The third-order valence-electron chi connectivity index (χ3n) is 3.18. The largest absolute Gasteiger partial charge is 0.0984 e. The summed E-state index contributed by atoms with van der Waals surface area (Å²) in [5.74, 6) is 0. The van der Waals surface area contributed by atoms with E-state index in [0.717, 1.165) is 18.4 Å². The molecule has 18 heavy (non-hydrogen) atoms. The van der Waals surface area contributed by atoms with Crippen LogP contribution in [0, 0.1) is 0 Å². The Balaban J connectivity index is 2.19. The van der Waals surface area contributed by atoms with Crippen molar-refractivity contribution in [1.82, 2.24) is 0 Å². The Labute approximate surface area is 109 Å². The summed E-state index contributed by atoms with van der Waals surface area (Å²) in [7, 11) is 0. The molecule has 0 aliphatic rings. The van der Waals surface area contributed by atoms with Crippen LogP contribution in [-0.4, -0.2) is 0 Å². The monoisotopic (exact) mass is 234 g/mol. The second kappa shape index (κ2) is 6.02. The molecule has 90 valence electrons. The van der Waals surface area contributed by atoms with Crippen LogP contribution in [0.5, 0.6) is 0 Å². The first-order chi connectivity index (χ1) is 8.85. The predicted octanol–water partition coefficient (Wildman–Crippen LogP) is 4.76. The van der Waals surface area contributed by atoms with E-state index in [2.05, 4.69) is 61.7 Å². The molecule has 0 fully saturated rings. The molecule has 2 rings (SSSR count). The zero-order valence-electron chi connectivity index (χ0n) is 10.6. The van der Waals surface area contributed by atoms with E-state index in [1.54, 1.807) is 0 Å².